The molecule has 0 unspecified atom stereocenters. The molecule has 3 aliphatic rings. The highest BCUT2D eigenvalue weighted by molar-refractivity contribution is 7.92. The topological polar surface area (TPSA) is 108 Å². The van der Waals surface area contributed by atoms with Gasteiger partial charge in [-0.2, -0.15) is 13.2 Å². The molecular formula is C27H29F5N4O4S. The normalized spacial score (nSPS) is 25.0. The fourth-order valence-corrected chi connectivity index (χ4v) is 7.70. The van der Waals surface area contributed by atoms with Gasteiger partial charge in [0.25, 0.3) is 5.92 Å². The highest BCUT2D eigenvalue weighted by Crippen LogP contribution is 2.45. The molecule has 2 aliphatic carbocycles. The number of hydrogen-bond donors (Lipinski definition) is 2. The van der Waals surface area contributed by atoms with Crippen LogP contribution in [0.4, 0.5) is 22.0 Å². The molecule has 14 heteroatoms. The van der Waals surface area contributed by atoms with Crippen molar-refractivity contribution in [2.45, 2.75) is 60.5 Å². The van der Waals surface area contributed by atoms with Gasteiger partial charge < -0.3 is 10.2 Å². The quantitative estimate of drug-likeness (QED) is 0.372. The van der Waals surface area contributed by atoms with Gasteiger partial charge in [-0.25, -0.2) is 17.2 Å². The van der Waals surface area contributed by atoms with Crippen molar-refractivity contribution in [3.63, 3.8) is 0 Å². The number of benzene rings is 1. The molecule has 2 aromatic rings. The number of halogens is 5. The van der Waals surface area contributed by atoms with E-state index < -0.39 is 92.9 Å². The maximum Gasteiger partial charge on any atom is 0.417 e. The molecule has 2 saturated carbocycles. The largest absolute Gasteiger partial charge is 0.417 e. The number of nitrogens with zero attached hydrogens (tertiary/aromatic N) is 2. The molecule has 2 N–H and O–H groups in total. The van der Waals surface area contributed by atoms with Crippen molar-refractivity contribution in [2.24, 2.45) is 11.8 Å². The molecular weight excluding hydrogens is 571 g/mol. The van der Waals surface area contributed by atoms with E-state index in [0.717, 1.165) is 17.0 Å². The van der Waals surface area contributed by atoms with Crippen molar-refractivity contribution >= 4 is 21.7 Å². The number of likely N-dealkylation sites (tertiary alicyclic amines) is 1. The maximum absolute atomic E-state index is 14.2. The number of nitrogens with one attached hydrogen (secondary N) is 2. The Morgan fingerprint density at radius 1 is 1.02 bits per heavy atom. The third-order valence-electron chi connectivity index (χ3n) is 8.18. The molecule has 3 atom stereocenters. The fraction of sp³-hybridized carbons (Fsp3) is 0.519. The van der Waals surface area contributed by atoms with Gasteiger partial charge in [0.15, 0.2) is 9.84 Å². The van der Waals surface area contributed by atoms with Gasteiger partial charge in [-0.05, 0) is 75.0 Å². The Morgan fingerprint density at radius 3 is 2.22 bits per heavy atom. The Bertz CT molecular complexity index is 1480. The van der Waals surface area contributed by atoms with Gasteiger partial charge in [0, 0.05) is 11.9 Å². The number of amides is 2. The van der Waals surface area contributed by atoms with E-state index >= 15 is 0 Å². The van der Waals surface area contributed by atoms with Crippen molar-refractivity contribution in [1.82, 2.24) is 20.5 Å². The number of pyridine rings is 1. The zero-order valence-electron chi connectivity index (χ0n) is 22.3. The SMILES string of the molecule is CNC1(NC(=O)[C@@H]2C[C@@H](S(=O)(=O)c3ccc(-c4ccnc(C)c4)cc3C(F)(F)F)C[C@H]2C(=O)N2CC(F)(F)C2)CC1. The predicted molar refractivity (Wildman–Crippen MR) is 137 cm³/mol. The van der Waals surface area contributed by atoms with E-state index in [2.05, 4.69) is 15.6 Å². The van der Waals surface area contributed by atoms with Gasteiger partial charge in [-0.15, -0.1) is 0 Å². The minimum absolute atomic E-state index is 0.138. The van der Waals surface area contributed by atoms with Crippen molar-refractivity contribution in [3.8, 4) is 11.1 Å². The van der Waals surface area contributed by atoms with Crippen molar-refractivity contribution in [2.75, 3.05) is 20.1 Å². The van der Waals surface area contributed by atoms with E-state index in [4.69, 9.17) is 0 Å². The van der Waals surface area contributed by atoms with E-state index in [1.165, 1.54) is 18.3 Å². The van der Waals surface area contributed by atoms with Crippen molar-refractivity contribution in [1.29, 1.82) is 0 Å². The molecule has 1 aliphatic heterocycles. The highest BCUT2D eigenvalue weighted by Gasteiger charge is 2.55. The van der Waals surface area contributed by atoms with Gasteiger partial charge in [0.05, 0.1) is 46.3 Å². The van der Waals surface area contributed by atoms with Crippen molar-refractivity contribution < 1.29 is 40.0 Å². The molecule has 0 radical (unpaired) electrons. The molecule has 3 fully saturated rings. The molecule has 5 rings (SSSR count). The Balaban J connectivity index is 1.48. The molecule has 1 aromatic carbocycles. The molecule has 41 heavy (non-hydrogen) atoms. The summed E-state index contributed by atoms with van der Waals surface area (Å²) in [6.45, 7) is -0.0499. The lowest BCUT2D eigenvalue weighted by atomic mass is 9.92. The lowest BCUT2D eigenvalue weighted by Gasteiger charge is -2.40. The molecule has 2 amide bonds. The maximum atomic E-state index is 14.2. The minimum atomic E-state index is -5.03. The number of rotatable bonds is 7. The number of carbonyl (C=O) groups excluding carboxylic acids is 2. The summed E-state index contributed by atoms with van der Waals surface area (Å²) < 4.78 is 97.2. The number of sulfone groups is 1. The minimum Gasteiger partial charge on any atom is -0.338 e. The lowest BCUT2D eigenvalue weighted by molar-refractivity contribution is -0.171. The third kappa shape index (κ3) is 5.68. The summed E-state index contributed by atoms with van der Waals surface area (Å²) in [5, 5.41) is 4.20. The molecule has 0 spiro atoms. The zero-order valence-corrected chi connectivity index (χ0v) is 23.1. The molecule has 8 nitrogen and oxygen atoms in total. The monoisotopic (exact) mass is 600 g/mol. The van der Waals surface area contributed by atoms with Crippen LogP contribution in [0.5, 0.6) is 0 Å². The van der Waals surface area contributed by atoms with Gasteiger partial charge in [0.2, 0.25) is 11.8 Å². The van der Waals surface area contributed by atoms with Gasteiger partial charge in [0.1, 0.15) is 0 Å². The summed E-state index contributed by atoms with van der Waals surface area (Å²) in [7, 11) is -3.09. The second kappa shape index (κ2) is 10.0. The molecule has 1 saturated heterocycles. The molecule has 0 bridgehead atoms. The summed E-state index contributed by atoms with van der Waals surface area (Å²) in [5.74, 6) is -7.01. The summed E-state index contributed by atoms with van der Waals surface area (Å²) >= 11 is 0. The average molecular weight is 601 g/mol. The van der Waals surface area contributed by atoms with Gasteiger partial charge >= 0.3 is 6.18 Å². The van der Waals surface area contributed by atoms with E-state index in [1.54, 1.807) is 20.0 Å². The smallest absolute Gasteiger partial charge is 0.338 e. The summed E-state index contributed by atoms with van der Waals surface area (Å²) in [4.78, 5) is 30.3. The van der Waals surface area contributed by atoms with Gasteiger partial charge in [-0.1, -0.05) is 6.07 Å². The predicted octanol–water partition coefficient (Wildman–Crippen LogP) is 3.55. The Labute approximate surface area is 233 Å². The third-order valence-corrected chi connectivity index (χ3v) is 10.4. The van der Waals surface area contributed by atoms with Crippen LogP contribution in [-0.2, 0) is 25.6 Å². The van der Waals surface area contributed by atoms with E-state index in [9.17, 15) is 40.0 Å². The van der Waals surface area contributed by atoms with Crippen LogP contribution < -0.4 is 10.6 Å². The first-order chi connectivity index (χ1) is 19.1. The van der Waals surface area contributed by atoms with Crippen LogP contribution in [0.1, 0.15) is 36.9 Å². The number of carbonyl (C=O) groups is 2. The second-order valence-electron chi connectivity index (χ2n) is 11.1. The van der Waals surface area contributed by atoms with E-state index in [1.807, 2.05) is 0 Å². The summed E-state index contributed by atoms with van der Waals surface area (Å²) in [6, 6.07) is 5.99. The van der Waals surface area contributed by atoms with Crippen LogP contribution in [0.2, 0.25) is 0 Å². The first-order valence-corrected chi connectivity index (χ1v) is 14.7. The van der Waals surface area contributed by atoms with Crippen molar-refractivity contribution in [3.05, 3.63) is 47.8 Å². The summed E-state index contributed by atoms with van der Waals surface area (Å²) in [5.41, 5.74) is -0.963. The Hall–Kier alpha value is -3.13. The Morgan fingerprint density at radius 2 is 1.66 bits per heavy atom. The van der Waals surface area contributed by atoms with Crippen LogP contribution in [0.15, 0.2) is 41.4 Å². The average Bonchev–Trinajstić information content (AvgIpc) is 3.50. The van der Waals surface area contributed by atoms with Gasteiger partial charge in [-0.3, -0.25) is 19.9 Å². The van der Waals surface area contributed by atoms with Crippen LogP contribution in [0, 0.1) is 18.8 Å². The van der Waals surface area contributed by atoms with E-state index in [-0.39, 0.29) is 5.56 Å². The first-order valence-electron chi connectivity index (χ1n) is 13.1. The van der Waals surface area contributed by atoms with Crippen LogP contribution in [0.25, 0.3) is 11.1 Å². The Kier molecular flexibility index (Phi) is 7.16. The number of aromatic nitrogens is 1. The van der Waals surface area contributed by atoms with Crippen LogP contribution >= 0.6 is 0 Å². The summed E-state index contributed by atoms with van der Waals surface area (Å²) in [6.07, 6.45) is -3.29. The first kappa shape index (κ1) is 29.4. The molecule has 222 valence electrons. The zero-order chi connectivity index (χ0) is 30.0. The van der Waals surface area contributed by atoms with E-state index in [0.29, 0.717) is 24.1 Å². The lowest BCUT2D eigenvalue weighted by Crippen LogP contribution is -2.60. The van der Waals surface area contributed by atoms with Crippen LogP contribution in [0.3, 0.4) is 0 Å². The fourth-order valence-electron chi connectivity index (χ4n) is 5.68. The highest BCUT2D eigenvalue weighted by atomic mass is 32.2. The second-order valence-corrected chi connectivity index (χ2v) is 13.3. The molecule has 2 heterocycles. The number of aryl methyl sites for hydroxylation is 1. The van der Waals surface area contributed by atoms with Crippen LogP contribution in [-0.4, -0.2) is 67.1 Å². The standard InChI is InChI=1S/C27H29F5N4O4S/c1-15-9-17(5-8-34-15)16-3-4-22(21(10-16)27(30,31)32)41(39,40)18-11-19(23(37)35-26(33-2)6-7-26)20(12-18)24(38)36-13-25(28,29)14-36/h3-5,8-10,18-20,33H,6-7,11-14H2,1-2H3,(H,35,37)/t18-,19-,20-/m1/s1. The number of alkyl halides is 5. The number of hydrogen-bond acceptors (Lipinski definition) is 6. The molecule has 1 aromatic heterocycles.